The van der Waals surface area contributed by atoms with E-state index in [1.807, 2.05) is 62.4 Å². The highest BCUT2D eigenvalue weighted by atomic mass is 16.3. The summed E-state index contributed by atoms with van der Waals surface area (Å²) in [7, 11) is 0. The van der Waals surface area contributed by atoms with E-state index < -0.39 is 12.2 Å². The van der Waals surface area contributed by atoms with Crippen molar-refractivity contribution in [2.24, 2.45) is 0 Å². The maximum Gasteiger partial charge on any atom is 0.0820 e. The fourth-order valence-electron chi connectivity index (χ4n) is 2.39. The zero-order valence-corrected chi connectivity index (χ0v) is 11.4. The molecule has 2 nitrogen and oxygen atoms in total. The summed E-state index contributed by atoms with van der Waals surface area (Å²) in [5.74, 6) is 0. The maximum atomic E-state index is 10.3. The Morgan fingerprint density at radius 1 is 0.737 bits per heavy atom. The molecular weight excluding hydrogens is 236 g/mol. The van der Waals surface area contributed by atoms with Crippen LogP contribution >= 0.6 is 0 Å². The summed E-state index contributed by atoms with van der Waals surface area (Å²) in [6.07, 6.45) is -0.970. The third-order valence-electron chi connectivity index (χ3n) is 3.54. The van der Waals surface area contributed by atoms with Gasteiger partial charge >= 0.3 is 0 Å². The van der Waals surface area contributed by atoms with Crippen LogP contribution in [0.5, 0.6) is 0 Å². The van der Waals surface area contributed by atoms with Crippen LogP contribution in [-0.2, 0) is 0 Å². The summed E-state index contributed by atoms with van der Waals surface area (Å²) >= 11 is 0. The predicted molar refractivity (Wildman–Crippen MR) is 76.9 cm³/mol. The van der Waals surface area contributed by atoms with Crippen molar-refractivity contribution in [3.63, 3.8) is 0 Å². The Morgan fingerprint density at radius 2 is 1.11 bits per heavy atom. The summed E-state index contributed by atoms with van der Waals surface area (Å²) in [6.45, 7) is 3.94. The SMILES string of the molecule is Cc1ccccc1[C@@H](O)C[C@H](O)c1ccccc1C. The first-order valence-corrected chi connectivity index (χ1v) is 6.56. The summed E-state index contributed by atoms with van der Waals surface area (Å²) in [4.78, 5) is 0. The van der Waals surface area contributed by atoms with Crippen molar-refractivity contribution in [2.75, 3.05) is 0 Å². The summed E-state index contributed by atoms with van der Waals surface area (Å²) in [5.41, 5.74) is 3.87. The fraction of sp³-hybridized carbons (Fsp3) is 0.294. The van der Waals surface area contributed by atoms with Gasteiger partial charge in [-0.3, -0.25) is 0 Å². The van der Waals surface area contributed by atoms with Crippen LogP contribution in [0.3, 0.4) is 0 Å². The minimum atomic E-state index is -0.643. The molecule has 0 saturated carbocycles. The second-order valence-corrected chi connectivity index (χ2v) is 4.98. The van der Waals surface area contributed by atoms with Gasteiger partial charge in [0.2, 0.25) is 0 Å². The lowest BCUT2D eigenvalue weighted by atomic mass is 9.94. The van der Waals surface area contributed by atoms with E-state index in [0.29, 0.717) is 6.42 Å². The van der Waals surface area contributed by atoms with Crippen molar-refractivity contribution in [3.05, 3.63) is 70.8 Å². The van der Waals surface area contributed by atoms with E-state index in [0.717, 1.165) is 22.3 Å². The average Bonchev–Trinajstić information content (AvgIpc) is 2.39. The first kappa shape index (κ1) is 13.8. The monoisotopic (exact) mass is 256 g/mol. The quantitative estimate of drug-likeness (QED) is 0.879. The Labute approximate surface area is 114 Å². The Morgan fingerprint density at radius 3 is 1.47 bits per heavy atom. The molecule has 0 fully saturated rings. The van der Waals surface area contributed by atoms with Gasteiger partial charge in [-0.1, -0.05) is 48.5 Å². The number of rotatable bonds is 4. The molecule has 0 radical (unpaired) electrons. The molecular formula is C17H20O2. The van der Waals surface area contributed by atoms with Crippen LogP contribution in [0.25, 0.3) is 0 Å². The van der Waals surface area contributed by atoms with Crippen molar-refractivity contribution >= 4 is 0 Å². The van der Waals surface area contributed by atoms with Crippen molar-refractivity contribution in [2.45, 2.75) is 32.5 Å². The number of aliphatic hydroxyl groups is 2. The normalized spacial score (nSPS) is 14.1. The van der Waals surface area contributed by atoms with Crippen LogP contribution in [0.2, 0.25) is 0 Å². The molecule has 0 saturated heterocycles. The topological polar surface area (TPSA) is 40.5 Å². The number of aryl methyl sites for hydroxylation is 2. The second-order valence-electron chi connectivity index (χ2n) is 4.98. The van der Waals surface area contributed by atoms with E-state index in [9.17, 15) is 10.2 Å². The molecule has 2 rings (SSSR count). The fourth-order valence-corrected chi connectivity index (χ4v) is 2.39. The van der Waals surface area contributed by atoms with E-state index in [4.69, 9.17) is 0 Å². The average molecular weight is 256 g/mol. The van der Waals surface area contributed by atoms with Crippen molar-refractivity contribution < 1.29 is 10.2 Å². The number of benzene rings is 2. The molecule has 2 N–H and O–H groups in total. The molecule has 0 aliphatic rings. The molecule has 2 aromatic carbocycles. The molecule has 0 aliphatic carbocycles. The number of hydrogen-bond donors (Lipinski definition) is 2. The van der Waals surface area contributed by atoms with Gasteiger partial charge in [0.05, 0.1) is 12.2 Å². The Kier molecular flexibility index (Phi) is 4.35. The van der Waals surface area contributed by atoms with Gasteiger partial charge in [0, 0.05) is 6.42 Å². The molecule has 0 heterocycles. The van der Waals surface area contributed by atoms with Gasteiger partial charge in [0.1, 0.15) is 0 Å². The summed E-state index contributed by atoms with van der Waals surface area (Å²) < 4.78 is 0. The molecule has 2 atom stereocenters. The van der Waals surface area contributed by atoms with Gasteiger partial charge in [-0.15, -0.1) is 0 Å². The van der Waals surface area contributed by atoms with E-state index in [-0.39, 0.29) is 0 Å². The minimum absolute atomic E-state index is 0.315. The summed E-state index contributed by atoms with van der Waals surface area (Å²) in [5, 5.41) is 20.5. The molecule has 0 aliphatic heterocycles. The predicted octanol–water partition coefficient (Wildman–Crippen LogP) is 3.46. The van der Waals surface area contributed by atoms with Crippen LogP contribution in [0.1, 0.15) is 40.9 Å². The van der Waals surface area contributed by atoms with Gasteiger partial charge in [0.15, 0.2) is 0 Å². The number of aliphatic hydroxyl groups excluding tert-OH is 2. The molecule has 0 aromatic heterocycles. The highest BCUT2D eigenvalue weighted by molar-refractivity contribution is 5.30. The van der Waals surface area contributed by atoms with Crippen molar-refractivity contribution in [1.82, 2.24) is 0 Å². The standard InChI is InChI=1S/C17H20O2/c1-12-7-3-5-9-14(12)16(18)11-17(19)15-10-6-4-8-13(15)2/h3-10,16-19H,11H2,1-2H3/t16-,17-/m0/s1. The molecule has 0 amide bonds. The highest BCUT2D eigenvalue weighted by Crippen LogP contribution is 2.29. The van der Waals surface area contributed by atoms with Crippen molar-refractivity contribution in [1.29, 1.82) is 0 Å². The molecule has 0 unspecified atom stereocenters. The zero-order valence-electron chi connectivity index (χ0n) is 11.4. The van der Waals surface area contributed by atoms with Crippen LogP contribution in [0, 0.1) is 13.8 Å². The number of hydrogen-bond acceptors (Lipinski definition) is 2. The van der Waals surface area contributed by atoms with Crippen LogP contribution in [0.15, 0.2) is 48.5 Å². The smallest absolute Gasteiger partial charge is 0.0820 e. The summed E-state index contributed by atoms with van der Waals surface area (Å²) in [6, 6.07) is 15.5. The van der Waals surface area contributed by atoms with E-state index in [1.54, 1.807) is 0 Å². The van der Waals surface area contributed by atoms with Crippen LogP contribution in [0.4, 0.5) is 0 Å². The molecule has 2 aromatic rings. The van der Waals surface area contributed by atoms with Crippen LogP contribution < -0.4 is 0 Å². The van der Waals surface area contributed by atoms with Gasteiger partial charge in [-0.2, -0.15) is 0 Å². The third kappa shape index (κ3) is 3.22. The first-order valence-electron chi connectivity index (χ1n) is 6.56. The van der Waals surface area contributed by atoms with Crippen LogP contribution in [-0.4, -0.2) is 10.2 Å². The Balaban J connectivity index is 2.13. The Bertz CT molecular complexity index is 499. The molecule has 19 heavy (non-hydrogen) atoms. The lowest BCUT2D eigenvalue weighted by molar-refractivity contribution is 0.0797. The third-order valence-corrected chi connectivity index (χ3v) is 3.54. The molecule has 0 spiro atoms. The molecule has 0 bridgehead atoms. The van der Waals surface area contributed by atoms with Gasteiger partial charge in [-0.05, 0) is 36.1 Å². The van der Waals surface area contributed by atoms with E-state index in [2.05, 4.69) is 0 Å². The molecule has 2 heteroatoms. The van der Waals surface area contributed by atoms with E-state index >= 15 is 0 Å². The van der Waals surface area contributed by atoms with Crippen molar-refractivity contribution in [3.8, 4) is 0 Å². The largest absolute Gasteiger partial charge is 0.388 e. The van der Waals surface area contributed by atoms with Gasteiger partial charge in [-0.25, -0.2) is 0 Å². The highest BCUT2D eigenvalue weighted by Gasteiger charge is 2.17. The van der Waals surface area contributed by atoms with E-state index in [1.165, 1.54) is 0 Å². The Hall–Kier alpha value is -1.64. The maximum absolute atomic E-state index is 10.3. The second kappa shape index (κ2) is 6.00. The van der Waals surface area contributed by atoms with Gasteiger partial charge < -0.3 is 10.2 Å². The first-order chi connectivity index (χ1) is 9.09. The van der Waals surface area contributed by atoms with Gasteiger partial charge in [0.25, 0.3) is 0 Å². The molecule has 100 valence electrons. The lowest BCUT2D eigenvalue weighted by Crippen LogP contribution is -2.08. The zero-order chi connectivity index (χ0) is 13.8. The minimum Gasteiger partial charge on any atom is -0.388 e. The lowest BCUT2D eigenvalue weighted by Gasteiger charge is -2.19.